The Bertz CT molecular complexity index is 746. The van der Waals surface area contributed by atoms with Crippen LogP contribution in [0.4, 0.5) is 0 Å². The van der Waals surface area contributed by atoms with E-state index in [4.69, 9.17) is 9.15 Å². The standard InChI is InChI=1S/C19H19NO3/c1-14(18-11-16-9-5-6-10-17(16)23-18)20-19(21)13-22-12-15-7-3-2-4-8-15/h2-11,14H,12-13H2,1H3,(H,20,21). The quantitative estimate of drug-likeness (QED) is 0.753. The molecule has 0 radical (unpaired) electrons. The van der Waals surface area contributed by atoms with Crippen LogP contribution in [-0.2, 0) is 16.1 Å². The molecule has 0 aliphatic carbocycles. The van der Waals surface area contributed by atoms with Crippen molar-refractivity contribution in [1.29, 1.82) is 0 Å². The normalized spacial score (nSPS) is 12.2. The Kier molecular flexibility index (Phi) is 4.74. The average Bonchev–Trinajstić information content (AvgIpc) is 3.00. The summed E-state index contributed by atoms with van der Waals surface area (Å²) in [5.74, 6) is 0.580. The summed E-state index contributed by atoms with van der Waals surface area (Å²) < 4.78 is 11.2. The van der Waals surface area contributed by atoms with Gasteiger partial charge >= 0.3 is 0 Å². The molecule has 0 aliphatic rings. The minimum absolute atomic E-state index is 0.0272. The van der Waals surface area contributed by atoms with Gasteiger partial charge in [0.2, 0.25) is 5.91 Å². The highest BCUT2D eigenvalue weighted by Crippen LogP contribution is 2.23. The second-order valence-corrected chi connectivity index (χ2v) is 5.45. The number of benzene rings is 2. The molecule has 1 atom stereocenters. The van der Waals surface area contributed by atoms with Crippen molar-refractivity contribution in [2.24, 2.45) is 0 Å². The van der Waals surface area contributed by atoms with Gasteiger partial charge in [0, 0.05) is 5.39 Å². The molecule has 1 N–H and O–H groups in total. The van der Waals surface area contributed by atoms with Gasteiger partial charge in [-0.3, -0.25) is 4.79 Å². The van der Waals surface area contributed by atoms with E-state index in [2.05, 4.69) is 5.32 Å². The van der Waals surface area contributed by atoms with Crippen LogP contribution in [0, 0.1) is 0 Å². The molecule has 1 aromatic heterocycles. The lowest BCUT2D eigenvalue weighted by atomic mass is 10.2. The zero-order chi connectivity index (χ0) is 16.1. The van der Waals surface area contributed by atoms with Crippen LogP contribution in [0.15, 0.2) is 65.1 Å². The van der Waals surface area contributed by atoms with E-state index in [0.717, 1.165) is 22.3 Å². The molecule has 0 saturated carbocycles. The summed E-state index contributed by atoms with van der Waals surface area (Å²) in [5, 5.41) is 3.92. The first-order valence-corrected chi connectivity index (χ1v) is 7.62. The highest BCUT2D eigenvalue weighted by Gasteiger charge is 2.14. The Balaban J connectivity index is 1.51. The van der Waals surface area contributed by atoms with Crippen LogP contribution < -0.4 is 5.32 Å². The number of carbonyl (C=O) groups is 1. The number of nitrogens with one attached hydrogen (secondary N) is 1. The van der Waals surface area contributed by atoms with Gasteiger partial charge in [-0.05, 0) is 24.6 Å². The molecular formula is C19H19NO3. The van der Waals surface area contributed by atoms with E-state index in [1.54, 1.807) is 0 Å². The molecule has 1 heterocycles. The Morgan fingerprint density at radius 3 is 2.65 bits per heavy atom. The summed E-state index contributed by atoms with van der Waals surface area (Å²) in [5.41, 5.74) is 1.87. The van der Waals surface area contributed by atoms with Crippen molar-refractivity contribution < 1.29 is 13.9 Å². The number of hydrogen-bond donors (Lipinski definition) is 1. The summed E-state index contributed by atoms with van der Waals surface area (Å²) >= 11 is 0. The van der Waals surface area contributed by atoms with Crippen molar-refractivity contribution in [3.05, 3.63) is 72.0 Å². The van der Waals surface area contributed by atoms with Gasteiger partial charge in [0.15, 0.2) is 0 Å². The highest BCUT2D eigenvalue weighted by atomic mass is 16.5. The zero-order valence-corrected chi connectivity index (χ0v) is 13.0. The van der Waals surface area contributed by atoms with E-state index in [0.29, 0.717) is 6.61 Å². The van der Waals surface area contributed by atoms with Crippen molar-refractivity contribution >= 4 is 16.9 Å². The lowest BCUT2D eigenvalue weighted by Crippen LogP contribution is -2.29. The van der Waals surface area contributed by atoms with Crippen molar-refractivity contribution in [2.75, 3.05) is 6.61 Å². The van der Waals surface area contributed by atoms with E-state index in [9.17, 15) is 4.79 Å². The summed E-state index contributed by atoms with van der Waals surface area (Å²) in [6.45, 7) is 2.35. The smallest absolute Gasteiger partial charge is 0.246 e. The zero-order valence-electron chi connectivity index (χ0n) is 13.0. The van der Waals surface area contributed by atoms with Gasteiger partial charge in [-0.25, -0.2) is 0 Å². The maximum atomic E-state index is 12.0. The molecule has 1 amide bonds. The molecule has 4 heteroatoms. The summed E-state index contributed by atoms with van der Waals surface area (Å²) in [7, 11) is 0. The Hall–Kier alpha value is -2.59. The first kappa shape index (κ1) is 15.3. The second-order valence-electron chi connectivity index (χ2n) is 5.45. The van der Waals surface area contributed by atoms with Crippen molar-refractivity contribution in [1.82, 2.24) is 5.32 Å². The third kappa shape index (κ3) is 3.99. The number of amides is 1. The number of furan rings is 1. The number of rotatable bonds is 6. The summed E-state index contributed by atoms with van der Waals surface area (Å²) in [6, 6.07) is 19.3. The minimum Gasteiger partial charge on any atom is -0.459 e. The molecule has 0 spiro atoms. The molecule has 2 aromatic carbocycles. The first-order chi connectivity index (χ1) is 11.2. The summed E-state index contributed by atoms with van der Waals surface area (Å²) in [6.07, 6.45) is 0. The van der Waals surface area contributed by atoms with Gasteiger partial charge in [-0.15, -0.1) is 0 Å². The summed E-state index contributed by atoms with van der Waals surface area (Å²) in [4.78, 5) is 12.0. The predicted octanol–water partition coefficient (Wildman–Crippen LogP) is 3.83. The van der Waals surface area contributed by atoms with E-state index < -0.39 is 0 Å². The Morgan fingerprint density at radius 2 is 1.87 bits per heavy atom. The minimum atomic E-state index is -0.199. The maximum absolute atomic E-state index is 12.0. The Labute approximate surface area is 135 Å². The van der Waals surface area contributed by atoms with E-state index in [1.165, 1.54) is 0 Å². The lowest BCUT2D eigenvalue weighted by Gasteiger charge is -2.11. The van der Waals surface area contributed by atoms with E-state index >= 15 is 0 Å². The van der Waals surface area contributed by atoms with Crippen LogP contribution in [0.2, 0.25) is 0 Å². The third-order valence-corrected chi connectivity index (χ3v) is 3.59. The molecule has 0 fully saturated rings. The highest BCUT2D eigenvalue weighted by molar-refractivity contribution is 5.79. The second kappa shape index (κ2) is 7.11. The van der Waals surface area contributed by atoms with Gasteiger partial charge in [-0.2, -0.15) is 0 Å². The molecule has 118 valence electrons. The lowest BCUT2D eigenvalue weighted by molar-refractivity contribution is -0.126. The number of carbonyl (C=O) groups excluding carboxylic acids is 1. The van der Waals surface area contributed by atoms with E-state index in [1.807, 2.05) is 67.6 Å². The molecular weight excluding hydrogens is 290 g/mol. The van der Waals surface area contributed by atoms with Gasteiger partial charge in [-0.1, -0.05) is 48.5 Å². The number of ether oxygens (including phenoxy) is 1. The molecule has 0 aliphatic heterocycles. The van der Waals surface area contributed by atoms with Crippen molar-refractivity contribution in [3.8, 4) is 0 Å². The monoisotopic (exact) mass is 309 g/mol. The third-order valence-electron chi connectivity index (χ3n) is 3.59. The molecule has 4 nitrogen and oxygen atoms in total. The van der Waals surface area contributed by atoms with Gasteiger partial charge in [0.1, 0.15) is 18.0 Å². The van der Waals surface area contributed by atoms with Crippen LogP contribution in [-0.4, -0.2) is 12.5 Å². The van der Waals surface area contributed by atoms with E-state index in [-0.39, 0.29) is 18.6 Å². The fourth-order valence-electron chi connectivity index (χ4n) is 2.41. The van der Waals surface area contributed by atoms with Crippen LogP contribution in [0.5, 0.6) is 0 Å². The first-order valence-electron chi connectivity index (χ1n) is 7.62. The molecule has 1 unspecified atom stereocenters. The Morgan fingerprint density at radius 1 is 1.13 bits per heavy atom. The van der Waals surface area contributed by atoms with Crippen LogP contribution >= 0.6 is 0 Å². The van der Waals surface area contributed by atoms with Crippen molar-refractivity contribution in [3.63, 3.8) is 0 Å². The van der Waals surface area contributed by atoms with Gasteiger partial charge in [0.25, 0.3) is 0 Å². The predicted molar refractivity (Wildman–Crippen MR) is 88.9 cm³/mol. The fourth-order valence-corrected chi connectivity index (χ4v) is 2.41. The molecule has 0 saturated heterocycles. The molecule has 23 heavy (non-hydrogen) atoms. The molecule has 3 rings (SSSR count). The van der Waals surface area contributed by atoms with Crippen LogP contribution in [0.3, 0.4) is 0 Å². The number of para-hydroxylation sites is 1. The maximum Gasteiger partial charge on any atom is 0.246 e. The fraction of sp³-hybridized carbons (Fsp3) is 0.211. The average molecular weight is 309 g/mol. The number of hydrogen-bond acceptors (Lipinski definition) is 3. The number of fused-ring (bicyclic) bond motifs is 1. The topological polar surface area (TPSA) is 51.5 Å². The van der Waals surface area contributed by atoms with Crippen molar-refractivity contribution in [2.45, 2.75) is 19.6 Å². The molecule has 3 aromatic rings. The van der Waals surface area contributed by atoms with Gasteiger partial charge in [0.05, 0.1) is 12.6 Å². The molecule has 0 bridgehead atoms. The SMILES string of the molecule is CC(NC(=O)COCc1ccccc1)c1cc2ccccc2o1. The largest absolute Gasteiger partial charge is 0.459 e. The van der Waals surface area contributed by atoms with Crippen LogP contribution in [0.25, 0.3) is 11.0 Å². The van der Waals surface area contributed by atoms with Crippen LogP contribution in [0.1, 0.15) is 24.3 Å². The van der Waals surface area contributed by atoms with Gasteiger partial charge < -0.3 is 14.5 Å².